The summed E-state index contributed by atoms with van der Waals surface area (Å²) in [6.07, 6.45) is 0.748. The van der Waals surface area contributed by atoms with E-state index >= 15 is 0 Å². The molecule has 6 nitrogen and oxygen atoms in total. The van der Waals surface area contributed by atoms with Crippen molar-refractivity contribution >= 4 is 28.5 Å². The Morgan fingerprint density at radius 2 is 2.04 bits per heavy atom. The van der Waals surface area contributed by atoms with Crippen molar-refractivity contribution in [2.24, 2.45) is 7.05 Å². The fourth-order valence-corrected chi connectivity index (χ4v) is 4.46. The van der Waals surface area contributed by atoms with Gasteiger partial charge in [0.15, 0.2) is 0 Å². The first-order valence-electron chi connectivity index (χ1n) is 7.55. The molecular formula is C16H18N4O2S2. The van der Waals surface area contributed by atoms with Crippen LogP contribution >= 0.6 is 22.7 Å². The van der Waals surface area contributed by atoms with E-state index in [0.717, 1.165) is 26.4 Å². The van der Waals surface area contributed by atoms with Gasteiger partial charge in [-0.25, -0.2) is 9.78 Å². The van der Waals surface area contributed by atoms with Crippen LogP contribution in [0.5, 0.6) is 0 Å². The quantitative estimate of drug-likeness (QED) is 0.773. The lowest BCUT2D eigenvalue weighted by Crippen LogP contribution is -2.40. The number of thiazole rings is 1. The Balaban J connectivity index is 2.21. The van der Waals surface area contributed by atoms with Crippen LogP contribution in [0.25, 0.3) is 21.1 Å². The maximum absolute atomic E-state index is 12.6. The Hall–Kier alpha value is -2.19. The second-order valence-corrected chi connectivity index (χ2v) is 7.30. The summed E-state index contributed by atoms with van der Waals surface area (Å²) in [4.78, 5) is 30.5. The fraction of sp³-hybridized carbons (Fsp3) is 0.312. The molecule has 2 N–H and O–H groups in total. The number of aryl methyl sites for hydroxylation is 1. The molecular weight excluding hydrogens is 344 g/mol. The maximum atomic E-state index is 12.6. The van der Waals surface area contributed by atoms with E-state index in [-0.39, 0.29) is 5.82 Å². The molecule has 0 atom stereocenters. The molecule has 8 heteroatoms. The number of aromatic nitrogens is 3. The number of thiophene rings is 1. The molecule has 3 aromatic rings. The summed E-state index contributed by atoms with van der Waals surface area (Å²) in [5, 5.41) is 4.69. The average molecular weight is 362 g/mol. The van der Waals surface area contributed by atoms with Gasteiger partial charge in [-0.2, -0.15) is 0 Å². The summed E-state index contributed by atoms with van der Waals surface area (Å²) < 4.78 is 2.53. The molecule has 0 aliphatic carbocycles. The van der Waals surface area contributed by atoms with Gasteiger partial charge in [-0.3, -0.25) is 13.9 Å². The van der Waals surface area contributed by atoms with Gasteiger partial charge in [0, 0.05) is 19.0 Å². The molecule has 0 aliphatic heterocycles. The van der Waals surface area contributed by atoms with E-state index in [1.54, 1.807) is 11.3 Å². The molecule has 0 amide bonds. The van der Waals surface area contributed by atoms with Crippen molar-refractivity contribution < 1.29 is 0 Å². The van der Waals surface area contributed by atoms with Crippen molar-refractivity contribution in [1.29, 1.82) is 0 Å². The lowest BCUT2D eigenvalue weighted by molar-refractivity contribution is 0.600. The van der Waals surface area contributed by atoms with Gasteiger partial charge in [0.05, 0.1) is 10.6 Å². The molecule has 0 aliphatic rings. The largest absolute Gasteiger partial charge is 0.384 e. The average Bonchev–Trinajstić information content (AvgIpc) is 3.18. The van der Waals surface area contributed by atoms with Crippen LogP contribution in [0.2, 0.25) is 0 Å². The summed E-state index contributed by atoms with van der Waals surface area (Å²) in [6, 6.07) is 2.04. The first-order chi connectivity index (χ1) is 11.5. The number of rotatable bonds is 4. The number of nitrogens with zero attached hydrogens (tertiary/aromatic N) is 3. The third-order valence-electron chi connectivity index (χ3n) is 3.85. The zero-order chi connectivity index (χ0) is 17.4. The van der Waals surface area contributed by atoms with E-state index < -0.39 is 11.2 Å². The van der Waals surface area contributed by atoms with E-state index in [1.165, 1.54) is 23.0 Å². The van der Waals surface area contributed by atoms with Crippen LogP contribution in [0.15, 0.2) is 26.4 Å². The van der Waals surface area contributed by atoms with E-state index in [4.69, 9.17) is 5.73 Å². The number of nitrogen functional groups attached to an aromatic ring is 1. The van der Waals surface area contributed by atoms with Crippen molar-refractivity contribution in [2.45, 2.75) is 26.8 Å². The van der Waals surface area contributed by atoms with E-state index in [1.807, 2.05) is 30.7 Å². The summed E-state index contributed by atoms with van der Waals surface area (Å²) in [5.41, 5.74) is 7.30. The van der Waals surface area contributed by atoms with Gasteiger partial charge in [-0.05, 0) is 30.4 Å². The molecule has 3 heterocycles. The molecule has 0 unspecified atom stereocenters. The normalized spacial score (nSPS) is 11.1. The van der Waals surface area contributed by atoms with Crippen LogP contribution in [-0.4, -0.2) is 14.1 Å². The summed E-state index contributed by atoms with van der Waals surface area (Å²) in [6.45, 7) is 4.45. The zero-order valence-electron chi connectivity index (χ0n) is 13.7. The molecule has 3 rings (SSSR count). The molecule has 0 fully saturated rings. The minimum absolute atomic E-state index is 0.185. The summed E-state index contributed by atoms with van der Waals surface area (Å²) >= 11 is 3.09. The molecule has 0 spiro atoms. The summed E-state index contributed by atoms with van der Waals surface area (Å²) in [5.74, 6) is 0.185. The molecule has 0 bridgehead atoms. The Morgan fingerprint density at radius 3 is 2.67 bits per heavy atom. The Labute approximate surface area is 146 Å². The van der Waals surface area contributed by atoms with Crippen molar-refractivity contribution in [3.63, 3.8) is 0 Å². The topological polar surface area (TPSA) is 82.9 Å². The van der Waals surface area contributed by atoms with Gasteiger partial charge < -0.3 is 5.73 Å². The van der Waals surface area contributed by atoms with Crippen LogP contribution in [0.1, 0.15) is 18.9 Å². The standard InChI is InChI=1S/C16H18N4O2S2/c1-4-6-20-13(17)11(15(21)19(3)16(20)22)10-8-24-14(18-10)12-9(2)5-7-23-12/h5,7-8H,4,6,17H2,1-3H3. The molecule has 126 valence electrons. The van der Waals surface area contributed by atoms with Crippen molar-refractivity contribution in [3.8, 4) is 21.1 Å². The van der Waals surface area contributed by atoms with E-state index in [2.05, 4.69) is 4.98 Å². The molecule has 0 aromatic carbocycles. The van der Waals surface area contributed by atoms with Gasteiger partial charge in [-0.1, -0.05) is 6.92 Å². The van der Waals surface area contributed by atoms with Crippen LogP contribution in [0, 0.1) is 6.92 Å². The first kappa shape index (κ1) is 16.7. The number of hydrogen-bond donors (Lipinski definition) is 1. The van der Waals surface area contributed by atoms with Gasteiger partial charge in [0.25, 0.3) is 5.56 Å². The third kappa shape index (κ3) is 2.61. The number of hydrogen-bond acceptors (Lipinski definition) is 6. The van der Waals surface area contributed by atoms with E-state index in [0.29, 0.717) is 17.8 Å². The van der Waals surface area contributed by atoms with Crippen molar-refractivity contribution in [3.05, 3.63) is 43.2 Å². The molecule has 0 saturated heterocycles. The zero-order valence-corrected chi connectivity index (χ0v) is 15.3. The van der Waals surface area contributed by atoms with E-state index in [9.17, 15) is 9.59 Å². The molecule has 24 heavy (non-hydrogen) atoms. The highest BCUT2D eigenvalue weighted by Gasteiger charge is 2.19. The van der Waals surface area contributed by atoms with Gasteiger partial charge in [-0.15, -0.1) is 22.7 Å². The highest BCUT2D eigenvalue weighted by molar-refractivity contribution is 7.20. The molecule has 3 aromatic heterocycles. The minimum Gasteiger partial charge on any atom is -0.384 e. The predicted molar refractivity (Wildman–Crippen MR) is 99.8 cm³/mol. The SMILES string of the molecule is CCCn1c(N)c(-c2csc(-c3sccc3C)n2)c(=O)n(C)c1=O. The lowest BCUT2D eigenvalue weighted by Gasteiger charge is -2.13. The monoisotopic (exact) mass is 362 g/mol. The smallest absolute Gasteiger partial charge is 0.332 e. The Bertz CT molecular complexity index is 1010. The Kier molecular flexibility index (Phi) is 4.42. The fourth-order valence-electron chi connectivity index (χ4n) is 2.55. The lowest BCUT2D eigenvalue weighted by atomic mass is 10.2. The highest BCUT2D eigenvalue weighted by Crippen LogP contribution is 2.34. The van der Waals surface area contributed by atoms with Crippen LogP contribution in [0.4, 0.5) is 5.82 Å². The second kappa shape index (κ2) is 6.37. The molecule has 0 saturated carbocycles. The van der Waals surface area contributed by atoms with Crippen molar-refractivity contribution in [2.75, 3.05) is 5.73 Å². The second-order valence-electron chi connectivity index (χ2n) is 5.53. The van der Waals surface area contributed by atoms with Crippen molar-refractivity contribution in [1.82, 2.24) is 14.1 Å². The van der Waals surface area contributed by atoms with Crippen LogP contribution in [-0.2, 0) is 13.6 Å². The minimum atomic E-state index is -0.412. The molecule has 0 radical (unpaired) electrons. The first-order valence-corrected chi connectivity index (χ1v) is 9.31. The highest BCUT2D eigenvalue weighted by atomic mass is 32.1. The maximum Gasteiger partial charge on any atom is 0.332 e. The summed E-state index contributed by atoms with van der Waals surface area (Å²) in [7, 11) is 1.47. The van der Waals surface area contributed by atoms with Gasteiger partial charge in [0.1, 0.15) is 16.4 Å². The van der Waals surface area contributed by atoms with Gasteiger partial charge >= 0.3 is 5.69 Å². The number of anilines is 1. The van der Waals surface area contributed by atoms with Crippen LogP contribution in [0.3, 0.4) is 0 Å². The van der Waals surface area contributed by atoms with Crippen LogP contribution < -0.4 is 17.0 Å². The number of nitrogens with two attached hydrogens (primary N) is 1. The Morgan fingerprint density at radius 1 is 1.29 bits per heavy atom. The third-order valence-corrected chi connectivity index (χ3v) is 5.86. The predicted octanol–water partition coefficient (Wildman–Crippen LogP) is 2.70. The van der Waals surface area contributed by atoms with Gasteiger partial charge in [0.2, 0.25) is 0 Å².